The molecule has 6 aromatic carbocycles. The Bertz CT molecular complexity index is 1860. The SMILES string of the molecule is COc1ccc2ccccc2c1-c1ccc(C#N)c2ccccc12.N#Cc1ccc(Br)c2ccccc12. The summed E-state index contributed by atoms with van der Waals surface area (Å²) in [5.74, 6) is 0.837. The third-order valence-electron chi connectivity index (χ3n) is 6.42. The van der Waals surface area contributed by atoms with E-state index in [1.807, 2.05) is 84.9 Å². The number of methoxy groups -OCH3 is 1. The Morgan fingerprint density at radius 1 is 0.568 bits per heavy atom. The molecule has 0 unspecified atom stereocenters. The van der Waals surface area contributed by atoms with Crippen molar-refractivity contribution >= 4 is 48.2 Å². The average molecular weight is 541 g/mol. The van der Waals surface area contributed by atoms with E-state index in [2.05, 4.69) is 52.3 Å². The first-order valence-corrected chi connectivity index (χ1v) is 12.5. The van der Waals surface area contributed by atoms with Crippen LogP contribution in [0.4, 0.5) is 0 Å². The topological polar surface area (TPSA) is 56.8 Å². The van der Waals surface area contributed by atoms with Crippen molar-refractivity contribution in [2.45, 2.75) is 0 Å². The van der Waals surface area contributed by atoms with E-state index < -0.39 is 0 Å². The van der Waals surface area contributed by atoms with E-state index >= 15 is 0 Å². The van der Waals surface area contributed by atoms with Gasteiger partial charge in [-0.05, 0) is 51.4 Å². The number of nitrogens with zero attached hydrogens (tertiary/aromatic N) is 2. The van der Waals surface area contributed by atoms with Gasteiger partial charge in [0.25, 0.3) is 0 Å². The predicted molar refractivity (Wildman–Crippen MR) is 155 cm³/mol. The van der Waals surface area contributed by atoms with E-state index in [-0.39, 0.29) is 0 Å². The van der Waals surface area contributed by atoms with Crippen molar-refractivity contribution in [3.05, 3.63) is 125 Å². The molecule has 0 radical (unpaired) electrons. The quantitative estimate of drug-likeness (QED) is 0.220. The molecule has 0 aliphatic carbocycles. The Balaban J connectivity index is 0.000000182. The summed E-state index contributed by atoms with van der Waals surface area (Å²) in [5, 5.41) is 24.7. The van der Waals surface area contributed by atoms with Gasteiger partial charge < -0.3 is 4.74 Å². The molecule has 0 atom stereocenters. The maximum Gasteiger partial charge on any atom is 0.127 e. The van der Waals surface area contributed by atoms with Gasteiger partial charge in [0.1, 0.15) is 5.75 Å². The van der Waals surface area contributed by atoms with Gasteiger partial charge in [-0.15, -0.1) is 0 Å². The molecule has 0 saturated heterocycles. The smallest absolute Gasteiger partial charge is 0.127 e. The molecular weight excluding hydrogens is 520 g/mol. The molecule has 0 spiro atoms. The molecule has 0 N–H and O–H groups in total. The summed E-state index contributed by atoms with van der Waals surface area (Å²) in [6.45, 7) is 0. The molecule has 0 aliphatic rings. The zero-order chi connectivity index (χ0) is 25.8. The van der Waals surface area contributed by atoms with Crippen LogP contribution in [-0.2, 0) is 0 Å². The molecule has 0 saturated carbocycles. The minimum absolute atomic E-state index is 0.688. The van der Waals surface area contributed by atoms with Crippen molar-refractivity contribution < 1.29 is 4.74 Å². The minimum atomic E-state index is 0.688. The van der Waals surface area contributed by atoms with Gasteiger partial charge in [-0.2, -0.15) is 10.5 Å². The first-order valence-electron chi connectivity index (χ1n) is 11.7. The number of halogens is 1. The Hall–Kier alpha value is -4.64. The van der Waals surface area contributed by atoms with Crippen LogP contribution >= 0.6 is 15.9 Å². The number of rotatable bonds is 2. The van der Waals surface area contributed by atoms with Crippen molar-refractivity contribution in [2.24, 2.45) is 0 Å². The van der Waals surface area contributed by atoms with Gasteiger partial charge in [0.05, 0.1) is 30.4 Å². The van der Waals surface area contributed by atoms with Gasteiger partial charge in [0.2, 0.25) is 0 Å². The molecule has 0 aliphatic heterocycles. The number of hydrogen-bond acceptors (Lipinski definition) is 3. The summed E-state index contributed by atoms with van der Waals surface area (Å²) in [4.78, 5) is 0. The van der Waals surface area contributed by atoms with Crippen LogP contribution in [0, 0.1) is 22.7 Å². The Kier molecular flexibility index (Phi) is 6.86. The Labute approximate surface area is 223 Å². The largest absolute Gasteiger partial charge is 0.496 e. The van der Waals surface area contributed by atoms with Gasteiger partial charge in [0, 0.05) is 20.8 Å². The van der Waals surface area contributed by atoms with E-state index in [4.69, 9.17) is 10.00 Å². The number of ether oxygens (including phenoxy) is 1. The van der Waals surface area contributed by atoms with Crippen LogP contribution in [-0.4, -0.2) is 7.11 Å². The number of fused-ring (bicyclic) bond motifs is 3. The fourth-order valence-corrected chi connectivity index (χ4v) is 5.15. The standard InChI is InChI=1S/C22H15NO.C11H6BrN/c1-24-21-13-11-15-6-2-3-8-18(15)22(21)20-12-10-16(14-23)17-7-4-5-9-19(17)20;12-11-6-5-8(7-13)9-3-1-2-4-10(9)11/h2-13H,1H3;1-6H. The fourth-order valence-electron chi connectivity index (χ4n) is 4.67. The molecule has 37 heavy (non-hydrogen) atoms. The third kappa shape index (κ3) is 4.52. The van der Waals surface area contributed by atoms with E-state index in [0.29, 0.717) is 5.56 Å². The second kappa shape index (κ2) is 10.5. The summed E-state index contributed by atoms with van der Waals surface area (Å²) < 4.78 is 6.68. The van der Waals surface area contributed by atoms with E-state index in [9.17, 15) is 5.26 Å². The summed E-state index contributed by atoms with van der Waals surface area (Å²) in [5.41, 5.74) is 3.56. The maximum absolute atomic E-state index is 9.39. The molecule has 4 heteroatoms. The lowest BCUT2D eigenvalue weighted by atomic mass is 9.91. The second-order valence-electron chi connectivity index (χ2n) is 8.43. The van der Waals surface area contributed by atoms with Crippen molar-refractivity contribution in [3.63, 3.8) is 0 Å². The molecule has 176 valence electrons. The van der Waals surface area contributed by atoms with Gasteiger partial charge in [-0.3, -0.25) is 0 Å². The van der Waals surface area contributed by atoms with Gasteiger partial charge >= 0.3 is 0 Å². The first-order chi connectivity index (χ1) is 18.2. The highest BCUT2D eigenvalue weighted by Gasteiger charge is 2.14. The zero-order valence-electron chi connectivity index (χ0n) is 20.1. The summed E-state index contributed by atoms with van der Waals surface area (Å²) >= 11 is 3.45. The molecule has 0 aromatic heterocycles. The normalized spacial score (nSPS) is 10.4. The van der Waals surface area contributed by atoms with Crippen molar-refractivity contribution in [1.82, 2.24) is 0 Å². The average Bonchev–Trinajstić information content (AvgIpc) is 2.97. The van der Waals surface area contributed by atoms with Crippen LogP contribution in [0.2, 0.25) is 0 Å². The molecule has 6 rings (SSSR count). The fraction of sp³-hybridized carbons (Fsp3) is 0.0303. The van der Waals surface area contributed by atoms with Crippen LogP contribution in [0.3, 0.4) is 0 Å². The first kappa shape index (κ1) is 24.1. The molecule has 0 bridgehead atoms. The maximum atomic E-state index is 9.39. The third-order valence-corrected chi connectivity index (χ3v) is 7.11. The van der Waals surface area contributed by atoms with E-state index in [1.54, 1.807) is 7.11 Å². The molecule has 0 heterocycles. The highest BCUT2D eigenvalue weighted by molar-refractivity contribution is 9.10. The number of hydrogen-bond donors (Lipinski definition) is 0. The lowest BCUT2D eigenvalue weighted by molar-refractivity contribution is 0.417. The number of benzene rings is 6. The van der Waals surface area contributed by atoms with Crippen LogP contribution < -0.4 is 4.74 Å². The summed E-state index contributed by atoms with van der Waals surface area (Å²) in [6, 6.07) is 40.4. The van der Waals surface area contributed by atoms with Crippen LogP contribution in [0.15, 0.2) is 114 Å². The van der Waals surface area contributed by atoms with Crippen molar-refractivity contribution in [1.29, 1.82) is 10.5 Å². The predicted octanol–water partition coefficient (Wildman–Crippen LogP) is 9.01. The number of nitriles is 2. The van der Waals surface area contributed by atoms with Crippen molar-refractivity contribution in [2.75, 3.05) is 7.11 Å². The van der Waals surface area contributed by atoms with Crippen LogP contribution in [0.5, 0.6) is 5.75 Å². The highest BCUT2D eigenvalue weighted by atomic mass is 79.9. The van der Waals surface area contributed by atoms with E-state index in [0.717, 1.165) is 53.8 Å². The van der Waals surface area contributed by atoms with Crippen LogP contribution in [0.1, 0.15) is 11.1 Å². The van der Waals surface area contributed by atoms with Crippen molar-refractivity contribution in [3.8, 4) is 29.0 Å². The van der Waals surface area contributed by atoms with Crippen LogP contribution in [0.25, 0.3) is 43.4 Å². The van der Waals surface area contributed by atoms with Gasteiger partial charge in [0.15, 0.2) is 0 Å². The summed E-state index contributed by atoms with van der Waals surface area (Å²) in [7, 11) is 1.69. The molecule has 0 fully saturated rings. The van der Waals surface area contributed by atoms with Gasteiger partial charge in [-0.1, -0.05) is 101 Å². The monoisotopic (exact) mass is 540 g/mol. The molecule has 3 nitrogen and oxygen atoms in total. The lowest BCUT2D eigenvalue weighted by Gasteiger charge is -2.15. The second-order valence-corrected chi connectivity index (χ2v) is 9.29. The zero-order valence-corrected chi connectivity index (χ0v) is 21.7. The Morgan fingerprint density at radius 2 is 1.11 bits per heavy atom. The van der Waals surface area contributed by atoms with Gasteiger partial charge in [-0.25, -0.2) is 0 Å². The molecular formula is C33H21BrN2O. The molecule has 0 amide bonds. The molecule has 6 aromatic rings. The lowest BCUT2D eigenvalue weighted by Crippen LogP contribution is -1.92. The summed E-state index contributed by atoms with van der Waals surface area (Å²) in [6.07, 6.45) is 0. The van der Waals surface area contributed by atoms with E-state index in [1.165, 1.54) is 5.39 Å². The highest BCUT2D eigenvalue weighted by Crippen LogP contribution is 2.41. The Morgan fingerprint density at radius 3 is 1.76 bits per heavy atom. The minimum Gasteiger partial charge on any atom is -0.496 e.